The van der Waals surface area contributed by atoms with Crippen molar-refractivity contribution in [2.24, 2.45) is 5.92 Å². The smallest absolute Gasteiger partial charge is 0.255 e. The number of amides is 2. The minimum Gasteiger partial charge on any atom is -0.493 e. The number of carbonyl (C=O) groups excluding carboxylic acids is 2. The van der Waals surface area contributed by atoms with Crippen LogP contribution in [0.25, 0.3) is 22.2 Å². The third-order valence-electron chi connectivity index (χ3n) is 7.27. The van der Waals surface area contributed by atoms with Crippen LogP contribution in [0.1, 0.15) is 60.1 Å². The molecule has 2 aromatic heterocycles. The molecule has 0 radical (unpaired) electrons. The van der Waals surface area contributed by atoms with Crippen molar-refractivity contribution in [1.82, 2.24) is 20.6 Å². The molecule has 190 valence electrons. The second-order valence-electron chi connectivity index (χ2n) is 10.2. The van der Waals surface area contributed by atoms with Gasteiger partial charge in [0.05, 0.1) is 17.7 Å². The standard InChI is InChI=1S/C28H34N4O4/c1-16-3-10-23(36-15-18-4-5-18)22(13-16)21-11-12-29-27-25(17(2)30-26(21)27)28(35)32-20-8-6-19(7-9-20)31-24(34)14-33/h3,10-13,18-20,30,33H,4-9,14-15H2,1-2H3,(H,31,34)(H,32,35). The fourth-order valence-electron chi connectivity index (χ4n) is 5.09. The number of pyridine rings is 1. The number of hydrogen-bond donors (Lipinski definition) is 4. The van der Waals surface area contributed by atoms with Crippen molar-refractivity contribution >= 4 is 22.8 Å². The van der Waals surface area contributed by atoms with E-state index in [0.29, 0.717) is 17.0 Å². The zero-order valence-corrected chi connectivity index (χ0v) is 20.9. The van der Waals surface area contributed by atoms with Gasteiger partial charge in [0, 0.05) is 35.1 Å². The maximum atomic E-state index is 13.4. The number of rotatable bonds is 8. The Morgan fingerprint density at radius 2 is 1.75 bits per heavy atom. The van der Waals surface area contributed by atoms with E-state index >= 15 is 0 Å². The van der Waals surface area contributed by atoms with Crippen LogP contribution in [-0.4, -0.2) is 52.2 Å². The predicted octanol–water partition coefficient (Wildman–Crippen LogP) is 3.79. The summed E-state index contributed by atoms with van der Waals surface area (Å²) in [6.07, 6.45) is 7.29. The van der Waals surface area contributed by atoms with Crippen LogP contribution in [-0.2, 0) is 4.79 Å². The number of H-pyrrole nitrogens is 1. The molecular weight excluding hydrogens is 456 g/mol. The molecule has 0 unspecified atom stereocenters. The summed E-state index contributed by atoms with van der Waals surface area (Å²) in [5.41, 5.74) is 5.94. The van der Waals surface area contributed by atoms with Gasteiger partial charge >= 0.3 is 0 Å². The number of aromatic amines is 1. The van der Waals surface area contributed by atoms with Crippen LogP contribution < -0.4 is 15.4 Å². The first-order valence-corrected chi connectivity index (χ1v) is 12.8. The molecule has 2 amide bonds. The molecule has 0 atom stereocenters. The van der Waals surface area contributed by atoms with E-state index < -0.39 is 6.61 Å². The molecule has 3 aromatic rings. The van der Waals surface area contributed by atoms with Gasteiger partial charge in [-0.3, -0.25) is 14.6 Å². The Morgan fingerprint density at radius 1 is 1.03 bits per heavy atom. The van der Waals surface area contributed by atoms with E-state index in [1.807, 2.05) is 19.1 Å². The molecule has 0 bridgehead atoms. The quantitative estimate of drug-likeness (QED) is 0.383. The van der Waals surface area contributed by atoms with E-state index in [1.54, 1.807) is 6.20 Å². The number of nitrogens with zero attached hydrogens (tertiary/aromatic N) is 1. The lowest BCUT2D eigenvalue weighted by Gasteiger charge is -2.29. The molecular formula is C28H34N4O4. The van der Waals surface area contributed by atoms with Gasteiger partial charge in [0.25, 0.3) is 5.91 Å². The fraction of sp³-hybridized carbons (Fsp3) is 0.464. The van der Waals surface area contributed by atoms with Crippen molar-refractivity contribution in [2.75, 3.05) is 13.2 Å². The van der Waals surface area contributed by atoms with Gasteiger partial charge in [0.1, 0.15) is 17.9 Å². The maximum absolute atomic E-state index is 13.4. The van der Waals surface area contributed by atoms with Gasteiger partial charge in [-0.2, -0.15) is 0 Å². The molecule has 2 heterocycles. The van der Waals surface area contributed by atoms with Crippen LogP contribution in [0, 0.1) is 19.8 Å². The van der Waals surface area contributed by atoms with Gasteiger partial charge in [-0.05, 0) is 76.5 Å². The molecule has 5 rings (SSSR count). The lowest BCUT2D eigenvalue weighted by Crippen LogP contribution is -2.44. The van der Waals surface area contributed by atoms with Crippen LogP contribution >= 0.6 is 0 Å². The summed E-state index contributed by atoms with van der Waals surface area (Å²) >= 11 is 0. The number of aromatic nitrogens is 2. The SMILES string of the molecule is Cc1ccc(OCC2CC2)c(-c2ccnc3c(C(=O)NC4CCC(NC(=O)CO)CC4)c(C)[nH]c23)c1. The first-order chi connectivity index (χ1) is 17.4. The van der Waals surface area contributed by atoms with Crippen LogP contribution in [0.5, 0.6) is 5.75 Å². The molecule has 0 spiro atoms. The molecule has 4 N–H and O–H groups in total. The zero-order chi connectivity index (χ0) is 25.2. The van der Waals surface area contributed by atoms with E-state index in [2.05, 4.69) is 39.7 Å². The molecule has 2 fully saturated rings. The van der Waals surface area contributed by atoms with Gasteiger partial charge in [-0.25, -0.2) is 0 Å². The third-order valence-corrected chi connectivity index (χ3v) is 7.27. The van der Waals surface area contributed by atoms with E-state index in [4.69, 9.17) is 9.84 Å². The highest BCUT2D eigenvalue weighted by Crippen LogP contribution is 2.38. The van der Waals surface area contributed by atoms with Crippen molar-refractivity contribution in [2.45, 2.75) is 64.5 Å². The summed E-state index contributed by atoms with van der Waals surface area (Å²) < 4.78 is 6.19. The summed E-state index contributed by atoms with van der Waals surface area (Å²) in [6, 6.07) is 8.27. The number of nitrogens with one attached hydrogen (secondary N) is 3. The number of ether oxygens (including phenoxy) is 1. The predicted molar refractivity (Wildman–Crippen MR) is 138 cm³/mol. The molecule has 2 aliphatic carbocycles. The average molecular weight is 491 g/mol. The highest BCUT2D eigenvalue weighted by Gasteiger charge is 2.27. The third kappa shape index (κ3) is 5.23. The number of carbonyl (C=O) groups is 2. The Kier molecular flexibility index (Phi) is 6.96. The number of fused-ring (bicyclic) bond motifs is 1. The topological polar surface area (TPSA) is 116 Å². The van der Waals surface area contributed by atoms with Crippen LogP contribution in [0.3, 0.4) is 0 Å². The highest BCUT2D eigenvalue weighted by molar-refractivity contribution is 6.09. The first kappa shape index (κ1) is 24.3. The Balaban J connectivity index is 1.37. The highest BCUT2D eigenvalue weighted by atomic mass is 16.5. The van der Waals surface area contributed by atoms with Crippen molar-refractivity contribution in [3.05, 3.63) is 47.3 Å². The van der Waals surface area contributed by atoms with E-state index in [-0.39, 0.29) is 23.9 Å². The summed E-state index contributed by atoms with van der Waals surface area (Å²) in [5.74, 6) is 1.01. The minimum atomic E-state index is -0.498. The summed E-state index contributed by atoms with van der Waals surface area (Å²) in [5, 5.41) is 14.9. The molecule has 2 saturated carbocycles. The molecule has 0 aliphatic heterocycles. The second-order valence-corrected chi connectivity index (χ2v) is 10.2. The molecule has 2 aliphatic rings. The Hall–Kier alpha value is -3.39. The molecule has 0 saturated heterocycles. The molecule has 8 nitrogen and oxygen atoms in total. The van der Waals surface area contributed by atoms with Crippen LogP contribution in [0.2, 0.25) is 0 Å². The van der Waals surface area contributed by atoms with Crippen molar-refractivity contribution < 1.29 is 19.4 Å². The normalized spacial score (nSPS) is 19.8. The first-order valence-electron chi connectivity index (χ1n) is 12.8. The average Bonchev–Trinajstić information content (AvgIpc) is 3.63. The Morgan fingerprint density at radius 3 is 2.44 bits per heavy atom. The lowest BCUT2D eigenvalue weighted by atomic mass is 9.91. The van der Waals surface area contributed by atoms with Gasteiger partial charge in [0.2, 0.25) is 5.91 Å². The summed E-state index contributed by atoms with van der Waals surface area (Å²) in [7, 11) is 0. The number of aliphatic hydroxyl groups is 1. The molecule has 1 aromatic carbocycles. The van der Waals surface area contributed by atoms with Gasteiger partial charge in [-0.15, -0.1) is 0 Å². The van der Waals surface area contributed by atoms with E-state index in [9.17, 15) is 9.59 Å². The lowest BCUT2D eigenvalue weighted by molar-refractivity contribution is -0.124. The van der Waals surface area contributed by atoms with Crippen LogP contribution in [0.15, 0.2) is 30.5 Å². The molecule has 36 heavy (non-hydrogen) atoms. The second kappa shape index (κ2) is 10.3. The zero-order valence-electron chi connectivity index (χ0n) is 20.9. The minimum absolute atomic E-state index is 0.0338. The Bertz CT molecular complexity index is 1270. The van der Waals surface area contributed by atoms with E-state index in [0.717, 1.165) is 65.9 Å². The largest absolute Gasteiger partial charge is 0.493 e. The summed E-state index contributed by atoms with van der Waals surface area (Å²) in [6.45, 7) is 4.20. The number of hydrogen-bond acceptors (Lipinski definition) is 5. The van der Waals surface area contributed by atoms with Gasteiger partial charge in [-0.1, -0.05) is 11.6 Å². The van der Waals surface area contributed by atoms with Gasteiger partial charge < -0.3 is 25.5 Å². The maximum Gasteiger partial charge on any atom is 0.255 e. The van der Waals surface area contributed by atoms with E-state index in [1.165, 1.54) is 12.8 Å². The van der Waals surface area contributed by atoms with Crippen molar-refractivity contribution in [3.63, 3.8) is 0 Å². The van der Waals surface area contributed by atoms with Crippen molar-refractivity contribution in [3.8, 4) is 16.9 Å². The number of aryl methyl sites for hydroxylation is 2. The Labute approximate surface area is 210 Å². The molecule has 8 heteroatoms. The van der Waals surface area contributed by atoms with Gasteiger partial charge in [0.15, 0.2) is 0 Å². The van der Waals surface area contributed by atoms with Crippen LogP contribution in [0.4, 0.5) is 0 Å². The summed E-state index contributed by atoms with van der Waals surface area (Å²) in [4.78, 5) is 32.8. The number of aliphatic hydroxyl groups excluding tert-OH is 1. The van der Waals surface area contributed by atoms with Crippen molar-refractivity contribution in [1.29, 1.82) is 0 Å². The number of benzene rings is 1. The fourth-order valence-corrected chi connectivity index (χ4v) is 5.09. The monoisotopic (exact) mass is 490 g/mol.